The van der Waals surface area contributed by atoms with E-state index in [4.69, 9.17) is 5.26 Å². The zero-order valence-corrected chi connectivity index (χ0v) is 10.7. The van der Waals surface area contributed by atoms with Gasteiger partial charge in [0, 0.05) is 16.2 Å². The van der Waals surface area contributed by atoms with Crippen LogP contribution in [0.1, 0.15) is 11.1 Å². The van der Waals surface area contributed by atoms with Crippen molar-refractivity contribution in [3.63, 3.8) is 0 Å². The number of aromatic nitrogens is 1. The summed E-state index contributed by atoms with van der Waals surface area (Å²) in [4.78, 5) is 4.29. The van der Waals surface area contributed by atoms with Gasteiger partial charge in [-0.1, -0.05) is 28.7 Å². The Morgan fingerprint density at radius 2 is 2.12 bits per heavy atom. The molecule has 16 heavy (non-hydrogen) atoms. The Morgan fingerprint density at radius 1 is 1.25 bits per heavy atom. The van der Waals surface area contributed by atoms with Crippen molar-refractivity contribution in [1.29, 1.82) is 5.26 Å². The van der Waals surface area contributed by atoms with Crippen LogP contribution in [0.3, 0.4) is 0 Å². The maximum atomic E-state index is 8.96. The van der Waals surface area contributed by atoms with Crippen LogP contribution in [0.5, 0.6) is 0 Å². The van der Waals surface area contributed by atoms with E-state index < -0.39 is 0 Å². The third kappa shape index (κ3) is 2.39. The second kappa shape index (κ2) is 5.08. The smallest absolute Gasteiger partial charge is 0.0991 e. The molecule has 3 heteroatoms. The van der Waals surface area contributed by atoms with Crippen molar-refractivity contribution in [2.75, 3.05) is 0 Å². The van der Waals surface area contributed by atoms with Gasteiger partial charge in [-0.05, 0) is 35.9 Å². The van der Waals surface area contributed by atoms with Crippen molar-refractivity contribution in [1.82, 2.24) is 4.98 Å². The van der Waals surface area contributed by atoms with Crippen molar-refractivity contribution in [2.24, 2.45) is 0 Å². The van der Waals surface area contributed by atoms with Crippen LogP contribution in [-0.2, 0) is 4.43 Å². The Balaban J connectivity index is 2.54. The highest BCUT2D eigenvalue weighted by Gasteiger charge is 2.03. The molecule has 0 spiro atoms. The fraction of sp³-hybridized carbons (Fsp3) is 0.0769. The van der Waals surface area contributed by atoms with Crippen molar-refractivity contribution in [3.8, 4) is 17.3 Å². The fourth-order valence-electron chi connectivity index (χ4n) is 1.52. The summed E-state index contributed by atoms with van der Waals surface area (Å²) in [6.07, 6.45) is 1.76. The van der Waals surface area contributed by atoms with E-state index in [0.29, 0.717) is 5.56 Å². The molecule has 2 nitrogen and oxygen atoms in total. The van der Waals surface area contributed by atoms with Gasteiger partial charge in [0.2, 0.25) is 0 Å². The average Bonchev–Trinajstić information content (AvgIpc) is 2.39. The highest BCUT2D eigenvalue weighted by atomic mass is 127. The van der Waals surface area contributed by atoms with Gasteiger partial charge in [-0.25, -0.2) is 0 Å². The normalized spacial score (nSPS) is 9.75. The van der Waals surface area contributed by atoms with Crippen LogP contribution in [0, 0.1) is 11.3 Å². The quantitative estimate of drug-likeness (QED) is 0.627. The monoisotopic (exact) mass is 320 g/mol. The molecule has 0 radical (unpaired) electrons. The minimum Gasteiger partial charge on any atom is -0.256 e. The Hall–Kier alpha value is -1.41. The van der Waals surface area contributed by atoms with Gasteiger partial charge in [-0.15, -0.1) is 0 Å². The van der Waals surface area contributed by atoms with E-state index in [0.717, 1.165) is 21.2 Å². The number of hydrogen-bond donors (Lipinski definition) is 0. The molecule has 0 amide bonds. The molecule has 0 N–H and O–H groups in total. The third-order valence-corrected chi connectivity index (χ3v) is 3.12. The van der Waals surface area contributed by atoms with Gasteiger partial charge < -0.3 is 0 Å². The van der Waals surface area contributed by atoms with Crippen molar-refractivity contribution >= 4 is 22.6 Å². The molecule has 0 atom stereocenters. The number of halogens is 1. The Morgan fingerprint density at radius 3 is 2.75 bits per heavy atom. The van der Waals surface area contributed by atoms with Gasteiger partial charge in [0.15, 0.2) is 0 Å². The highest BCUT2D eigenvalue weighted by Crippen LogP contribution is 2.21. The maximum Gasteiger partial charge on any atom is 0.0991 e. The molecule has 2 aromatic rings. The lowest BCUT2D eigenvalue weighted by Crippen LogP contribution is -1.87. The zero-order valence-electron chi connectivity index (χ0n) is 8.52. The van der Waals surface area contributed by atoms with Crippen LogP contribution in [0.2, 0.25) is 0 Å². The minimum absolute atomic E-state index is 0.690. The first-order chi connectivity index (χ1) is 7.83. The van der Waals surface area contributed by atoms with Gasteiger partial charge in [0.05, 0.1) is 17.3 Å². The minimum atomic E-state index is 0.690. The van der Waals surface area contributed by atoms with Crippen LogP contribution in [0.25, 0.3) is 11.3 Å². The topological polar surface area (TPSA) is 36.7 Å². The van der Waals surface area contributed by atoms with E-state index in [1.54, 1.807) is 6.20 Å². The number of hydrogen-bond acceptors (Lipinski definition) is 2. The lowest BCUT2D eigenvalue weighted by Gasteiger charge is -2.03. The molecule has 0 aliphatic carbocycles. The lowest BCUT2D eigenvalue weighted by atomic mass is 10.0. The molecule has 0 bridgehead atoms. The Labute approximate surface area is 108 Å². The van der Waals surface area contributed by atoms with Crippen molar-refractivity contribution < 1.29 is 0 Å². The van der Waals surface area contributed by atoms with E-state index >= 15 is 0 Å². The van der Waals surface area contributed by atoms with E-state index in [9.17, 15) is 0 Å². The average molecular weight is 320 g/mol. The Kier molecular flexibility index (Phi) is 3.52. The number of pyridine rings is 1. The van der Waals surface area contributed by atoms with E-state index in [2.05, 4.69) is 39.7 Å². The Bertz CT molecular complexity index is 529. The summed E-state index contributed by atoms with van der Waals surface area (Å²) in [7, 11) is 0. The van der Waals surface area contributed by atoms with Crippen molar-refractivity contribution in [2.45, 2.75) is 4.43 Å². The first-order valence-electron chi connectivity index (χ1n) is 4.85. The maximum absolute atomic E-state index is 8.96. The predicted molar refractivity (Wildman–Crippen MR) is 72.1 cm³/mol. The second-order valence-electron chi connectivity index (χ2n) is 3.38. The third-order valence-electron chi connectivity index (χ3n) is 2.24. The first-order valence-corrected chi connectivity index (χ1v) is 6.37. The summed E-state index contributed by atoms with van der Waals surface area (Å²) in [5.74, 6) is 0. The second-order valence-corrected chi connectivity index (χ2v) is 4.14. The van der Waals surface area contributed by atoms with E-state index in [-0.39, 0.29) is 0 Å². The van der Waals surface area contributed by atoms with Gasteiger partial charge in [0.1, 0.15) is 0 Å². The number of nitriles is 1. The largest absolute Gasteiger partial charge is 0.256 e. The van der Waals surface area contributed by atoms with Crippen LogP contribution in [0.4, 0.5) is 0 Å². The molecule has 0 saturated carbocycles. The summed E-state index contributed by atoms with van der Waals surface area (Å²) < 4.78 is 0.896. The van der Waals surface area contributed by atoms with E-state index in [1.807, 2.05) is 30.3 Å². The van der Waals surface area contributed by atoms with Gasteiger partial charge in [-0.2, -0.15) is 5.26 Å². The van der Waals surface area contributed by atoms with Gasteiger partial charge >= 0.3 is 0 Å². The number of nitrogens with zero attached hydrogens (tertiary/aromatic N) is 2. The molecule has 78 valence electrons. The summed E-state index contributed by atoms with van der Waals surface area (Å²) in [6.45, 7) is 0. The van der Waals surface area contributed by atoms with Crippen molar-refractivity contribution in [3.05, 3.63) is 53.7 Å². The summed E-state index contributed by atoms with van der Waals surface area (Å²) in [5, 5.41) is 8.96. The first kappa shape index (κ1) is 11.1. The van der Waals surface area contributed by atoms with E-state index in [1.165, 1.54) is 0 Å². The molecule has 0 unspecified atom stereocenters. The molecular weight excluding hydrogens is 311 g/mol. The summed E-state index contributed by atoms with van der Waals surface area (Å²) in [6, 6.07) is 13.8. The molecule has 1 aromatic carbocycles. The molecule has 0 aliphatic heterocycles. The molecule has 0 saturated heterocycles. The molecule has 2 rings (SSSR count). The van der Waals surface area contributed by atoms with Crippen LogP contribution in [0.15, 0.2) is 42.6 Å². The highest BCUT2D eigenvalue weighted by molar-refractivity contribution is 14.1. The molecule has 0 fully saturated rings. The number of alkyl halides is 1. The number of rotatable bonds is 2. The molecule has 1 aromatic heterocycles. The fourth-order valence-corrected chi connectivity index (χ4v) is 1.96. The molecular formula is C13H9IN2. The lowest BCUT2D eigenvalue weighted by molar-refractivity contribution is 1.31. The molecule has 0 aliphatic rings. The standard InChI is InChI=1S/C13H9IN2/c14-8-10-5-11(9-15)7-12(6-10)13-3-1-2-4-16-13/h1-7H,8H2. The summed E-state index contributed by atoms with van der Waals surface area (Å²) in [5.41, 5.74) is 3.76. The van der Waals surface area contributed by atoms with Gasteiger partial charge in [0.25, 0.3) is 0 Å². The van der Waals surface area contributed by atoms with Crippen LogP contribution < -0.4 is 0 Å². The van der Waals surface area contributed by atoms with Crippen LogP contribution in [-0.4, -0.2) is 4.98 Å². The number of benzene rings is 1. The van der Waals surface area contributed by atoms with Crippen LogP contribution >= 0.6 is 22.6 Å². The predicted octanol–water partition coefficient (Wildman–Crippen LogP) is 3.56. The SMILES string of the molecule is N#Cc1cc(CI)cc(-c2ccccn2)c1. The van der Waals surface area contributed by atoms with Gasteiger partial charge in [-0.3, -0.25) is 4.98 Å². The summed E-state index contributed by atoms with van der Waals surface area (Å²) >= 11 is 2.29. The zero-order chi connectivity index (χ0) is 11.4. The molecule has 1 heterocycles.